The Balaban J connectivity index is 0.000000265. The van der Waals surface area contributed by atoms with Gasteiger partial charge in [0.25, 0.3) is 0 Å². The predicted molar refractivity (Wildman–Crippen MR) is 230 cm³/mol. The minimum absolute atomic E-state index is 0.0281. The first kappa shape index (κ1) is 48.2. The lowest BCUT2D eigenvalue weighted by Crippen LogP contribution is -2.20. The van der Waals surface area contributed by atoms with E-state index in [1.807, 2.05) is 33.6 Å². The van der Waals surface area contributed by atoms with Gasteiger partial charge < -0.3 is 38.7 Å². The highest BCUT2D eigenvalue weighted by molar-refractivity contribution is 6.30. The molecule has 16 nitrogen and oxygen atoms in total. The van der Waals surface area contributed by atoms with Crippen molar-refractivity contribution >= 4 is 23.3 Å². The van der Waals surface area contributed by atoms with Crippen molar-refractivity contribution in [1.29, 1.82) is 0 Å². The molecule has 0 spiro atoms. The smallest absolute Gasteiger partial charge is 0.222 e. The van der Waals surface area contributed by atoms with Gasteiger partial charge in [0.05, 0.1) is 84.6 Å². The number of aliphatic imine (C=N–C) groups is 1. The Morgan fingerprint density at radius 1 is 0.900 bits per heavy atom. The SMILES string of the molecule is CCCCc1nc(Cl)c(CO)n1Cc1ccc(-c2ccccc2C2=NCN=N2)cc1.CNC(=O)CCOCCOCCOCCOCCOCc1cn(CCC(C)C)nn1. The molecule has 0 saturated heterocycles. The molecule has 60 heavy (non-hydrogen) atoms. The highest BCUT2D eigenvalue weighted by Crippen LogP contribution is 2.27. The molecule has 5 rings (SSSR count). The second-order valence-corrected chi connectivity index (χ2v) is 14.7. The molecule has 1 amide bonds. The first-order valence-corrected chi connectivity index (χ1v) is 21.1. The Morgan fingerprint density at radius 2 is 1.55 bits per heavy atom. The highest BCUT2D eigenvalue weighted by Gasteiger charge is 2.16. The number of aryl methyl sites for hydroxylation is 2. The van der Waals surface area contributed by atoms with E-state index in [4.69, 9.17) is 35.3 Å². The molecule has 328 valence electrons. The molecule has 0 saturated carbocycles. The van der Waals surface area contributed by atoms with Crippen LogP contribution in [0.1, 0.15) is 74.8 Å². The Labute approximate surface area is 358 Å². The topological polar surface area (TPSA) is 181 Å². The van der Waals surface area contributed by atoms with Gasteiger partial charge in [-0.3, -0.25) is 9.48 Å². The van der Waals surface area contributed by atoms with E-state index in [1.165, 1.54) is 0 Å². The number of amides is 1. The molecule has 1 aliphatic rings. The second kappa shape index (κ2) is 28.2. The minimum atomic E-state index is -0.125. The summed E-state index contributed by atoms with van der Waals surface area (Å²) in [6.45, 7) is 13.1. The first-order valence-electron chi connectivity index (χ1n) is 20.8. The van der Waals surface area contributed by atoms with E-state index in [9.17, 15) is 9.90 Å². The number of hydrogen-bond acceptors (Lipinski definition) is 13. The molecule has 2 aromatic carbocycles. The maximum absolute atomic E-state index is 11.0. The quantitative estimate of drug-likeness (QED) is 0.0616. The number of nitrogens with zero attached hydrogens (tertiary/aromatic N) is 8. The van der Waals surface area contributed by atoms with Crippen LogP contribution in [-0.4, -0.2) is 115 Å². The largest absolute Gasteiger partial charge is 0.390 e. The third-order valence-electron chi connectivity index (χ3n) is 9.24. The molecular weight excluding hydrogens is 790 g/mol. The normalized spacial score (nSPS) is 12.2. The van der Waals surface area contributed by atoms with Gasteiger partial charge in [0.1, 0.15) is 11.5 Å². The van der Waals surface area contributed by atoms with Crippen molar-refractivity contribution < 1.29 is 33.6 Å². The van der Waals surface area contributed by atoms with E-state index >= 15 is 0 Å². The van der Waals surface area contributed by atoms with Gasteiger partial charge in [-0.2, -0.15) is 5.11 Å². The standard InChI is InChI=1S/C23H24ClN5O.C20H38N4O6/c1-2-3-8-21-27-22(24)20(14-30)29(21)13-16-9-11-17(12-10-16)18-6-4-5-7-19(18)23-25-15-26-28-23;1-18(2)4-6-24-16-19(22-23-24)17-30-15-14-29-13-12-28-11-10-27-9-8-26-7-5-20(25)21-3/h4-7,9-12,30H,2-3,8,13-15H2,1H3;16,18H,4-15,17H2,1-3H3,(H,21,25). The van der Waals surface area contributed by atoms with Gasteiger partial charge in [-0.05, 0) is 35.4 Å². The second-order valence-electron chi connectivity index (χ2n) is 14.3. The Bertz CT molecular complexity index is 1880. The van der Waals surface area contributed by atoms with Gasteiger partial charge in [0.15, 0.2) is 17.7 Å². The summed E-state index contributed by atoms with van der Waals surface area (Å²) in [5.74, 6) is 2.22. The molecule has 0 atom stereocenters. The molecule has 2 N–H and O–H groups in total. The van der Waals surface area contributed by atoms with Crippen LogP contribution in [0.5, 0.6) is 0 Å². The number of aliphatic hydroxyl groups excluding tert-OH is 1. The molecule has 4 aromatic rings. The summed E-state index contributed by atoms with van der Waals surface area (Å²) in [5.41, 5.74) is 5.78. The molecule has 1 aliphatic heterocycles. The zero-order valence-electron chi connectivity index (χ0n) is 35.6. The zero-order chi connectivity index (χ0) is 42.8. The number of carbonyl (C=O) groups excluding carboxylic acids is 1. The molecule has 0 fully saturated rings. The fraction of sp³-hybridized carbons (Fsp3) is 0.558. The number of imidazole rings is 1. The van der Waals surface area contributed by atoms with Crippen molar-refractivity contribution in [3.63, 3.8) is 0 Å². The van der Waals surface area contributed by atoms with E-state index in [1.54, 1.807) is 7.05 Å². The summed E-state index contributed by atoms with van der Waals surface area (Å²) < 4.78 is 31.0. The van der Waals surface area contributed by atoms with Crippen LogP contribution in [-0.2, 0) is 61.2 Å². The monoisotopic (exact) mass is 851 g/mol. The fourth-order valence-electron chi connectivity index (χ4n) is 5.89. The molecule has 3 heterocycles. The summed E-state index contributed by atoms with van der Waals surface area (Å²) in [5, 5.41) is 29.0. The van der Waals surface area contributed by atoms with Gasteiger partial charge in [0, 0.05) is 38.5 Å². The molecular formula is C43H62ClN9O7. The Kier molecular flexibility index (Phi) is 22.7. The number of ether oxygens (including phenoxy) is 5. The van der Waals surface area contributed by atoms with Gasteiger partial charge >= 0.3 is 0 Å². The number of unbranched alkanes of at least 4 members (excludes halogenated alkanes) is 1. The van der Waals surface area contributed by atoms with Crippen molar-refractivity contribution in [3.05, 3.63) is 88.2 Å². The fourth-order valence-corrected chi connectivity index (χ4v) is 6.15. The number of azo groups is 1. The minimum Gasteiger partial charge on any atom is -0.390 e. The van der Waals surface area contributed by atoms with Crippen LogP contribution in [0, 0.1) is 5.92 Å². The Hall–Kier alpha value is -4.42. The van der Waals surface area contributed by atoms with Crippen molar-refractivity contribution in [2.45, 2.75) is 79.2 Å². The Morgan fingerprint density at radius 3 is 2.15 bits per heavy atom. The molecule has 0 unspecified atom stereocenters. The summed E-state index contributed by atoms with van der Waals surface area (Å²) in [7, 11) is 1.61. The lowest BCUT2D eigenvalue weighted by atomic mass is 9.98. The van der Waals surface area contributed by atoms with Crippen LogP contribution in [0.2, 0.25) is 5.15 Å². The predicted octanol–water partition coefficient (Wildman–Crippen LogP) is 6.30. The number of rotatable bonds is 28. The van der Waals surface area contributed by atoms with E-state index in [0.717, 1.165) is 66.0 Å². The van der Waals surface area contributed by atoms with Crippen molar-refractivity contribution in [3.8, 4) is 11.1 Å². The number of hydrogen-bond donors (Lipinski definition) is 2. The number of aliphatic hydroxyl groups is 1. The van der Waals surface area contributed by atoms with Gasteiger partial charge in [-0.15, -0.1) is 10.2 Å². The van der Waals surface area contributed by atoms with E-state index in [-0.39, 0.29) is 12.5 Å². The van der Waals surface area contributed by atoms with Crippen molar-refractivity contribution in [2.75, 3.05) is 73.2 Å². The number of benzene rings is 2. The number of aromatic nitrogens is 5. The lowest BCUT2D eigenvalue weighted by molar-refractivity contribution is -0.121. The summed E-state index contributed by atoms with van der Waals surface area (Å²) in [4.78, 5) is 19.8. The maximum atomic E-state index is 11.0. The molecule has 0 radical (unpaired) electrons. The van der Waals surface area contributed by atoms with E-state index < -0.39 is 0 Å². The third kappa shape index (κ3) is 17.3. The van der Waals surface area contributed by atoms with Crippen LogP contribution in [0.4, 0.5) is 0 Å². The van der Waals surface area contributed by atoms with Gasteiger partial charge in [0.2, 0.25) is 5.91 Å². The molecule has 2 aromatic heterocycles. The highest BCUT2D eigenvalue weighted by atomic mass is 35.5. The summed E-state index contributed by atoms with van der Waals surface area (Å²) in [6.07, 6.45) is 6.34. The van der Waals surface area contributed by atoms with Gasteiger partial charge in [-0.25, -0.2) is 9.98 Å². The average Bonchev–Trinajstić information content (AvgIpc) is 4.03. The molecule has 0 aliphatic carbocycles. The molecule has 17 heteroatoms. The third-order valence-corrected chi connectivity index (χ3v) is 9.54. The average molecular weight is 852 g/mol. The van der Waals surface area contributed by atoms with Crippen LogP contribution in [0.3, 0.4) is 0 Å². The van der Waals surface area contributed by atoms with E-state index in [0.29, 0.717) is 108 Å². The lowest BCUT2D eigenvalue weighted by Gasteiger charge is -2.12. The number of amidine groups is 1. The maximum Gasteiger partial charge on any atom is 0.222 e. The summed E-state index contributed by atoms with van der Waals surface area (Å²) >= 11 is 6.26. The van der Waals surface area contributed by atoms with Crippen LogP contribution >= 0.6 is 11.6 Å². The van der Waals surface area contributed by atoms with Crippen LogP contribution in [0.25, 0.3) is 11.1 Å². The van der Waals surface area contributed by atoms with Crippen LogP contribution < -0.4 is 5.32 Å². The van der Waals surface area contributed by atoms with Crippen molar-refractivity contribution in [2.24, 2.45) is 21.1 Å². The van der Waals surface area contributed by atoms with Crippen molar-refractivity contribution in [1.82, 2.24) is 29.9 Å². The number of nitrogens with one attached hydrogen (secondary N) is 1. The molecule has 0 bridgehead atoms. The number of carbonyl (C=O) groups is 1. The zero-order valence-corrected chi connectivity index (χ0v) is 36.3. The number of halogens is 1. The van der Waals surface area contributed by atoms with Crippen LogP contribution in [0.15, 0.2) is 69.9 Å². The summed E-state index contributed by atoms with van der Waals surface area (Å²) in [6, 6.07) is 16.5. The first-order chi connectivity index (χ1) is 29.3. The van der Waals surface area contributed by atoms with Gasteiger partial charge in [-0.1, -0.05) is 92.5 Å². The van der Waals surface area contributed by atoms with E-state index in [2.05, 4.69) is 86.9 Å².